The van der Waals surface area contributed by atoms with E-state index in [1.165, 1.54) is 0 Å². The van der Waals surface area contributed by atoms with E-state index in [0.717, 1.165) is 0 Å². The first-order valence-corrected chi connectivity index (χ1v) is 6.91. The largest absolute Gasteiger partial charge is 0.462 e. The Kier molecular flexibility index (Phi) is 6.77. The Morgan fingerprint density at radius 3 is 2.09 bits per heavy atom. The van der Waals surface area contributed by atoms with Crippen molar-refractivity contribution in [3.63, 3.8) is 0 Å². The van der Waals surface area contributed by atoms with Crippen LogP contribution in [0, 0.1) is 0 Å². The normalized spacial score (nSPS) is 12.2. The first-order chi connectivity index (χ1) is 10.2. The molecule has 0 atom stereocenters. The molecule has 0 radical (unpaired) electrons. The van der Waals surface area contributed by atoms with E-state index < -0.39 is 24.5 Å². The van der Waals surface area contributed by atoms with Gasteiger partial charge in [0.05, 0.1) is 12.2 Å². The molecule has 1 rings (SSSR count). The Morgan fingerprint density at radius 1 is 0.909 bits per heavy atom. The summed E-state index contributed by atoms with van der Waals surface area (Å²) in [6.07, 6.45) is -5.83. The van der Waals surface area contributed by atoms with Crippen molar-refractivity contribution < 1.29 is 31.5 Å². The molecule has 0 aliphatic heterocycles. The summed E-state index contributed by atoms with van der Waals surface area (Å²) in [5.41, 5.74) is 0.410. The molecule has 0 aliphatic carbocycles. The highest BCUT2D eigenvalue weighted by atomic mass is 19.4. The molecule has 0 unspecified atom stereocenters. The molecule has 0 heterocycles. The number of carbonyl (C=O) groups excluding carboxylic acids is 1. The summed E-state index contributed by atoms with van der Waals surface area (Å²) in [5.74, 6) is -5.11. The number of unbranched alkanes of at least 4 members (excludes halogenated alkanes) is 3. The van der Waals surface area contributed by atoms with E-state index in [9.17, 15) is 26.7 Å². The van der Waals surface area contributed by atoms with E-state index in [-0.39, 0.29) is 19.4 Å². The Bertz CT molecular complexity index is 457. The number of hydrogen-bond donors (Lipinski definition) is 0. The van der Waals surface area contributed by atoms with Crippen LogP contribution in [0.3, 0.4) is 0 Å². The first-order valence-electron chi connectivity index (χ1n) is 6.91. The van der Waals surface area contributed by atoms with Crippen LogP contribution in [-0.4, -0.2) is 24.7 Å². The Labute approximate surface area is 125 Å². The molecule has 0 spiro atoms. The van der Waals surface area contributed by atoms with E-state index >= 15 is 0 Å². The van der Waals surface area contributed by atoms with Gasteiger partial charge in [0, 0.05) is 6.42 Å². The first kappa shape index (κ1) is 18.4. The van der Waals surface area contributed by atoms with Crippen LogP contribution >= 0.6 is 0 Å². The van der Waals surface area contributed by atoms with Crippen LogP contribution in [0.1, 0.15) is 42.5 Å². The Morgan fingerprint density at radius 2 is 1.50 bits per heavy atom. The molecular formula is C15H17F5O2. The van der Waals surface area contributed by atoms with E-state index in [0.29, 0.717) is 18.4 Å². The topological polar surface area (TPSA) is 26.3 Å². The molecule has 0 aliphatic rings. The molecule has 2 nitrogen and oxygen atoms in total. The van der Waals surface area contributed by atoms with Crippen molar-refractivity contribution in [2.75, 3.05) is 6.61 Å². The zero-order valence-corrected chi connectivity index (χ0v) is 11.8. The molecule has 0 amide bonds. The fourth-order valence-corrected chi connectivity index (χ4v) is 1.77. The number of hydrogen-bond acceptors (Lipinski definition) is 2. The number of carbonyl (C=O) groups is 1. The molecule has 0 saturated carbocycles. The van der Waals surface area contributed by atoms with Gasteiger partial charge in [-0.05, 0) is 25.0 Å². The molecule has 22 heavy (non-hydrogen) atoms. The second kappa shape index (κ2) is 8.10. The maximum atomic E-state index is 12.6. The van der Waals surface area contributed by atoms with Gasteiger partial charge in [-0.2, -0.15) is 22.0 Å². The zero-order valence-electron chi connectivity index (χ0n) is 11.8. The van der Waals surface area contributed by atoms with E-state index in [1.807, 2.05) is 0 Å². The van der Waals surface area contributed by atoms with Crippen LogP contribution in [0.5, 0.6) is 0 Å². The van der Waals surface area contributed by atoms with Gasteiger partial charge in [0.2, 0.25) is 0 Å². The van der Waals surface area contributed by atoms with Crippen LogP contribution in [0.4, 0.5) is 22.0 Å². The number of esters is 1. The molecule has 0 N–H and O–H groups in total. The van der Waals surface area contributed by atoms with E-state index in [1.54, 1.807) is 30.3 Å². The average molecular weight is 324 g/mol. The minimum absolute atomic E-state index is 0.114. The van der Waals surface area contributed by atoms with Crippen molar-refractivity contribution in [1.82, 2.24) is 0 Å². The maximum Gasteiger partial charge on any atom is 0.453 e. The van der Waals surface area contributed by atoms with E-state index in [2.05, 4.69) is 0 Å². The molecular weight excluding hydrogens is 307 g/mol. The third-order valence-corrected chi connectivity index (χ3v) is 3.04. The molecule has 0 saturated heterocycles. The van der Waals surface area contributed by atoms with Crippen molar-refractivity contribution in [2.24, 2.45) is 0 Å². The van der Waals surface area contributed by atoms with Gasteiger partial charge in [-0.1, -0.05) is 31.0 Å². The lowest BCUT2D eigenvalue weighted by Gasteiger charge is -2.19. The highest BCUT2D eigenvalue weighted by Crippen LogP contribution is 2.39. The van der Waals surface area contributed by atoms with Gasteiger partial charge in [0.25, 0.3) is 0 Å². The summed E-state index contributed by atoms with van der Waals surface area (Å²) < 4.78 is 65.9. The second-order valence-electron chi connectivity index (χ2n) is 4.87. The molecule has 7 heteroatoms. The molecule has 1 aromatic carbocycles. The SMILES string of the molecule is O=C(OCCCCCCC(F)(F)C(F)(F)F)c1ccccc1. The third-order valence-electron chi connectivity index (χ3n) is 3.04. The number of alkyl halides is 5. The predicted octanol–water partition coefficient (Wildman–Crippen LogP) is 4.99. The molecule has 0 bridgehead atoms. The van der Waals surface area contributed by atoms with Crippen molar-refractivity contribution in [3.05, 3.63) is 35.9 Å². The average Bonchev–Trinajstić information content (AvgIpc) is 2.45. The standard InChI is InChI=1S/C15H17F5O2/c16-14(17,15(18,19)20)10-6-1-2-7-11-22-13(21)12-8-4-3-5-9-12/h3-5,8-9H,1-2,6-7,10-11H2. The smallest absolute Gasteiger partial charge is 0.453 e. The lowest BCUT2D eigenvalue weighted by Crippen LogP contribution is -2.36. The minimum Gasteiger partial charge on any atom is -0.462 e. The zero-order chi connectivity index (χ0) is 16.6. The van der Waals surface area contributed by atoms with Crippen molar-refractivity contribution in [1.29, 1.82) is 0 Å². The van der Waals surface area contributed by atoms with E-state index in [4.69, 9.17) is 4.74 Å². The number of rotatable bonds is 8. The van der Waals surface area contributed by atoms with Crippen LogP contribution in [0.15, 0.2) is 30.3 Å². The van der Waals surface area contributed by atoms with Gasteiger partial charge in [0.15, 0.2) is 0 Å². The predicted molar refractivity (Wildman–Crippen MR) is 70.8 cm³/mol. The van der Waals surface area contributed by atoms with Gasteiger partial charge in [0.1, 0.15) is 0 Å². The number of ether oxygens (including phenoxy) is 1. The summed E-state index contributed by atoms with van der Waals surface area (Å²) in [6, 6.07) is 8.34. The van der Waals surface area contributed by atoms with Crippen LogP contribution in [0.2, 0.25) is 0 Å². The number of halogens is 5. The molecule has 124 valence electrons. The summed E-state index contributed by atoms with van der Waals surface area (Å²) in [5, 5.41) is 0. The summed E-state index contributed by atoms with van der Waals surface area (Å²) >= 11 is 0. The number of benzene rings is 1. The van der Waals surface area contributed by atoms with Gasteiger partial charge >= 0.3 is 18.1 Å². The fourth-order valence-electron chi connectivity index (χ4n) is 1.77. The van der Waals surface area contributed by atoms with Crippen LogP contribution in [-0.2, 0) is 4.74 Å². The van der Waals surface area contributed by atoms with Gasteiger partial charge in [-0.3, -0.25) is 0 Å². The van der Waals surface area contributed by atoms with Crippen molar-refractivity contribution in [3.8, 4) is 0 Å². The second-order valence-corrected chi connectivity index (χ2v) is 4.87. The fraction of sp³-hybridized carbons (Fsp3) is 0.533. The van der Waals surface area contributed by atoms with Crippen molar-refractivity contribution >= 4 is 5.97 Å². The monoisotopic (exact) mass is 324 g/mol. The molecule has 0 aromatic heterocycles. The van der Waals surface area contributed by atoms with Crippen LogP contribution in [0.25, 0.3) is 0 Å². The molecule has 0 fully saturated rings. The molecule has 1 aromatic rings. The quantitative estimate of drug-likeness (QED) is 0.382. The lowest BCUT2D eigenvalue weighted by atomic mass is 10.1. The minimum atomic E-state index is -5.49. The lowest BCUT2D eigenvalue weighted by molar-refractivity contribution is -0.284. The van der Waals surface area contributed by atoms with Gasteiger partial charge < -0.3 is 4.74 Å². The Hall–Kier alpha value is -1.66. The highest BCUT2D eigenvalue weighted by Gasteiger charge is 2.56. The maximum absolute atomic E-state index is 12.6. The summed E-state index contributed by atoms with van der Waals surface area (Å²) in [6.45, 7) is 0.114. The van der Waals surface area contributed by atoms with Crippen molar-refractivity contribution in [2.45, 2.75) is 44.2 Å². The van der Waals surface area contributed by atoms with Gasteiger partial charge in [-0.25, -0.2) is 4.79 Å². The van der Waals surface area contributed by atoms with Gasteiger partial charge in [-0.15, -0.1) is 0 Å². The highest BCUT2D eigenvalue weighted by molar-refractivity contribution is 5.89. The van der Waals surface area contributed by atoms with Crippen LogP contribution < -0.4 is 0 Å². The summed E-state index contributed by atoms with van der Waals surface area (Å²) in [4.78, 5) is 11.5. The Balaban J connectivity index is 2.11. The summed E-state index contributed by atoms with van der Waals surface area (Å²) in [7, 11) is 0. The third kappa shape index (κ3) is 5.99.